The Labute approximate surface area is 125 Å². The van der Waals surface area contributed by atoms with E-state index in [9.17, 15) is 4.79 Å². The van der Waals surface area contributed by atoms with E-state index in [1.54, 1.807) is 12.4 Å². The van der Waals surface area contributed by atoms with Crippen molar-refractivity contribution in [2.24, 2.45) is 0 Å². The molecule has 1 saturated heterocycles. The van der Waals surface area contributed by atoms with E-state index in [1.165, 1.54) is 11.3 Å². The van der Waals surface area contributed by atoms with Crippen LogP contribution in [0, 0.1) is 0 Å². The predicted octanol–water partition coefficient (Wildman–Crippen LogP) is 2.24. The van der Waals surface area contributed by atoms with Crippen LogP contribution in [0.15, 0.2) is 12.4 Å². The zero-order valence-electron chi connectivity index (χ0n) is 11.4. The van der Waals surface area contributed by atoms with Gasteiger partial charge in [-0.25, -0.2) is 9.97 Å². The first-order valence-electron chi connectivity index (χ1n) is 6.50. The molecule has 0 spiro atoms. The van der Waals surface area contributed by atoms with Gasteiger partial charge in [-0.05, 0) is 0 Å². The molecule has 0 saturated carbocycles. The lowest BCUT2D eigenvalue weighted by molar-refractivity contribution is 0.0759. The standard InChI is InChI=1S/C13H16N4OS2/c1-7-5-17(6-8(2)19-7)13(18)11-9(14)10-12(20-11)16-4-3-15-10/h3-4,7-8H,5-6,14H2,1-2H3. The number of hydrogen-bond donors (Lipinski definition) is 1. The Bertz CT molecular complexity index is 647. The van der Waals surface area contributed by atoms with Crippen LogP contribution in [0.3, 0.4) is 0 Å². The summed E-state index contributed by atoms with van der Waals surface area (Å²) in [6.45, 7) is 5.83. The van der Waals surface area contributed by atoms with Crippen molar-refractivity contribution < 1.29 is 4.79 Å². The molecule has 7 heteroatoms. The summed E-state index contributed by atoms with van der Waals surface area (Å²) in [7, 11) is 0. The maximum Gasteiger partial charge on any atom is 0.266 e. The van der Waals surface area contributed by atoms with Crippen LogP contribution in [-0.4, -0.2) is 44.4 Å². The summed E-state index contributed by atoms with van der Waals surface area (Å²) in [4.78, 5) is 24.3. The van der Waals surface area contributed by atoms with E-state index in [1.807, 2.05) is 16.7 Å². The van der Waals surface area contributed by atoms with Gasteiger partial charge in [-0.1, -0.05) is 13.8 Å². The SMILES string of the molecule is CC1CN(C(=O)c2sc3nccnc3c2N)CC(C)S1. The monoisotopic (exact) mass is 308 g/mol. The van der Waals surface area contributed by atoms with Crippen molar-refractivity contribution in [2.45, 2.75) is 24.3 Å². The summed E-state index contributed by atoms with van der Waals surface area (Å²) in [5.74, 6) is 0.00583. The van der Waals surface area contributed by atoms with Gasteiger partial charge in [0.05, 0.1) is 5.69 Å². The van der Waals surface area contributed by atoms with Gasteiger partial charge in [0.2, 0.25) is 0 Å². The largest absolute Gasteiger partial charge is 0.396 e. The smallest absolute Gasteiger partial charge is 0.266 e. The van der Waals surface area contributed by atoms with E-state index >= 15 is 0 Å². The van der Waals surface area contributed by atoms with E-state index < -0.39 is 0 Å². The molecule has 20 heavy (non-hydrogen) atoms. The summed E-state index contributed by atoms with van der Waals surface area (Å²) in [5, 5.41) is 0.907. The summed E-state index contributed by atoms with van der Waals surface area (Å²) in [6, 6.07) is 0. The van der Waals surface area contributed by atoms with Crippen LogP contribution in [0.4, 0.5) is 5.69 Å². The normalized spacial score (nSPS) is 23.2. The number of thioether (sulfide) groups is 1. The van der Waals surface area contributed by atoms with Gasteiger partial charge in [0, 0.05) is 36.0 Å². The first kappa shape index (κ1) is 13.6. The highest BCUT2D eigenvalue weighted by atomic mass is 32.2. The van der Waals surface area contributed by atoms with Crippen molar-refractivity contribution in [1.29, 1.82) is 0 Å². The molecule has 1 amide bonds. The van der Waals surface area contributed by atoms with Crippen LogP contribution in [0.1, 0.15) is 23.5 Å². The molecule has 3 heterocycles. The number of anilines is 1. The van der Waals surface area contributed by atoms with Crippen LogP contribution < -0.4 is 5.73 Å². The van der Waals surface area contributed by atoms with Gasteiger partial charge in [0.1, 0.15) is 15.2 Å². The number of amides is 1. The van der Waals surface area contributed by atoms with Crippen LogP contribution in [-0.2, 0) is 0 Å². The summed E-state index contributed by atoms with van der Waals surface area (Å²) in [5.41, 5.74) is 7.16. The molecular weight excluding hydrogens is 292 g/mol. The molecule has 2 aromatic heterocycles. The van der Waals surface area contributed by atoms with Crippen LogP contribution in [0.25, 0.3) is 10.3 Å². The second kappa shape index (κ2) is 5.21. The van der Waals surface area contributed by atoms with Crippen molar-refractivity contribution in [2.75, 3.05) is 18.8 Å². The van der Waals surface area contributed by atoms with Crippen molar-refractivity contribution in [3.63, 3.8) is 0 Å². The average molecular weight is 308 g/mol. The second-order valence-electron chi connectivity index (χ2n) is 5.02. The molecule has 106 valence electrons. The molecular formula is C13H16N4OS2. The molecule has 1 aliphatic heterocycles. The Morgan fingerprint density at radius 3 is 2.60 bits per heavy atom. The van der Waals surface area contributed by atoms with E-state index in [0.717, 1.165) is 17.9 Å². The number of aromatic nitrogens is 2. The minimum Gasteiger partial charge on any atom is -0.396 e. The molecule has 0 aromatic carbocycles. The third-order valence-corrected chi connectivity index (χ3v) is 5.58. The number of fused-ring (bicyclic) bond motifs is 1. The topological polar surface area (TPSA) is 72.1 Å². The average Bonchev–Trinajstić information content (AvgIpc) is 2.75. The molecule has 0 radical (unpaired) electrons. The molecule has 2 atom stereocenters. The molecule has 1 fully saturated rings. The van der Waals surface area contributed by atoms with E-state index in [0.29, 0.717) is 26.6 Å². The molecule has 2 unspecified atom stereocenters. The highest BCUT2D eigenvalue weighted by molar-refractivity contribution is 8.00. The fraction of sp³-hybridized carbons (Fsp3) is 0.462. The van der Waals surface area contributed by atoms with Gasteiger partial charge in [-0.15, -0.1) is 11.3 Å². The predicted molar refractivity (Wildman–Crippen MR) is 84.2 cm³/mol. The first-order chi connectivity index (χ1) is 9.56. The van der Waals surface area contributed by atoms with E-state index in [2.05, 4.69) is 23.8 Å². The molecule has 0 aliphatic carbocycles. The van der Waals surface area contributed by atoms with Gasteiger partial charge in [-0.2, -0.15) is 11.8 Å². The molecule has 1 aliphatic rings. The maximum atomic E-state index is 12.7. The zero-order chi connectivity index (χ0) is 14.3. The number of carbonyl (C=O) groups is 1. The number of nitrogen functional groups attached to an aromatic ring is 1. The molecule has 2 aromatic rings. The minimum atomic E-state index is 0.00583. The Kier molecular flexibility index (Phi) is 3.55. The van der Waals surface area contributed by atoms with Gasteiger partial charge < -0.3 is 10.6 Å². The van der Waals surface area contributed by atoms with Gasteiger partial charge in [-0.3, -0.25) is 4.79 Å². The Balaban J connectivity index is 1.94. The van der Waals surface area contributed by atoms with E-state index in [4.69, 9.17) is 5.73 Å². The second-order valence-corrected chi connectivity index (χ2v) is 7.90. The fourth-order valence-corrected chi connectivity index (χ4v) is 4.80. The lowest BCUT2D eigenvalue weighted by Gasteiger charge is -2.34. The maximum absolute atomic E-state index is 12.7. The molecule has 0 bridgehead atoms. The Morgan fingerprint density at radius 1 is 1.30 bits per heavy atom. The first-order valence-corrected chi connectivity index (χ1v) is 8.26. The highest BCUT2D eigenvalue weighted by Crippen LogP contribution is 2.33. The zero-order valence-corrected chi connectivity index (χ0v) is 13.0. The summed E-state index contributed by atoms with van der Waals surface area (Å²) >= 11 is 3.25. The third-order valence-electron chi connectivity index (χ3n) is 3.26. The quantitative estimate of drug-likeness (QED) is 0.874. The highest BCUT2D eigenvalue weighted by Gasteiger charge is 2.29. The number of nitrogens with two attached hydrogens (primary N) is 1. The third kappa shape index (κ3) is 2.35. The number of carbonyl (C=O) groups excluding carboxylic acids is 1. The number of hydrogen-bond acceptors (Lipinski definition) is 6. The molecule has 3 rings (SSSR count). The Hall–Kier alpha value is -1.34. The number of rotatable bonds is 1. The van der Waals surface area contributed by atoms with Crippen molar-refractivity contribution >= 4 is 45.0 Å². The molecule has 5 nitrogen and oxygen atoms in total. The summed E-state index contributed by atoms with van der Waals surface area (Å²) in [6.07, 6.45) is 3.22. The van der Waals surface area contributed by atoms with E-state index in [-0.39, 0.29) is 5.91 Å². The van der Waals surface area contributed by atoms with Gasteiger partial charge >= 0.3 is 0 Å². The van der Waals surface area contributed by atoms with Gasteiger partial charge in [0.15, 0.2) is 0 Å². The van der Waals surface area contributed by atoms with Crippen LogP contribution in [0.2, 0.25) is 0 Å². The van der Waals surface area contributed by atoms with Crippen molar-refractivity contribution in [3.05, 3.63) is 17.3 Å². The van der Waals surface area contributed by atoms with Crippen molar-refractivity contribution in [3.8, 4) is 0 Å². The van der Waals surface area contributed by atoms with Crippen molar-refractivity contribution in [1.82, 2.24) is 14.9 Å². The Morgan fingerprint density at radius 2 is 1.95 bits per heavy atom. The van der Waals surface area contributed by atoms with Crippen LogP contribution in [0.5, 0.6) is 0 Å². The number of thiophene rings is 1. The lowest BCUT2D eigenvalue weighted by atomic mass is 10.2. The lowest BCUT2D eigenvalue weighted by Crippen LogP contribution is -2.43. The van der Waals surface area contributed by atoms with Crippen LogP contribution >= 0.6 is 23.1 Å². The number of nitrogens with zero attached hydrogens (tertiary/aromatic N) is 3. The molecule has 2 N–H and O–H groups in total. The van der Waals surface area contributed by atoms with Gasteiger partial charge in [0.25, 0.3) is 5.91 Å². The summed E-state index contributed by atoms with van der Waals surface area (Å²) < 4.78 is 0. The fourth-order valence-electron chi connectivity index (χ4n) is 2.49. The minimum absolute atomic E-state index is 0.00583.